The van der Waals surface area contributed by atoms with E-state index in [0.29, 0.717) is 4.90 Å². The zero-order chi connectivity index (χ0) is 19.3. The van der Waals surface area contributed by atoms with E-state index in [2.05, 4.69) is 0 Å². The fourth-order valence-corrected chi connectivity index (χ4v) is 4.54. The predicted molar refractivity (Wildman–Crippen MR) is 78.8 cm³/mol. The number of ketones is 1. The average molecular weight is 399 g/mol. The van der Waals surface area contributed by atoms with Gasteiger partial charge >= 0.3 is 7.82 Å². The van der Waals surface area contributed by atoms with E-state index in [0.717, 1.165) is 12.3 Å². The highest BCUT2D eigenvalue weighted by molar-refractivity contribution is 7.48. The molecule has 0 bridgehead atoms. The van der Waals surface area contributed by atoms with Gasteiger partial charge in [0.15, 0.2) is 23.8 Å². The minimum atomic E-state index is -4.28. The molecule has 3 aliphatic heterocycles. The number of carbonyl (C=O) groups is 2. The van der Waals surface area contributed by atoms with E-state index in [-0.39, 0.29) is 0 Å². The van der Waals surface area contributed by atoms with Crippen LogP contribution < -0.4 is 0 Å². The molecule has 3 aliphatic rings. The van der Waals surface area contributed by atoms with Gasteiger partial charge in [-0.05, 0) is 19.9 Å². The lowest BCUT2D eigenvalue weighted by Crippen LogP contribution is -2.55. The lowest BCUT2D eigenvalue weighted by molar-refractivity contribution is -0.213. The molecule has 2 fully saturated rings. The maximum absolute atomic E-state index is 14.9. The van der Waals surface area contributed by atoms with Crippen molar-refractivity contribution < 1.29 is 45.6 Å². The maximum atomic E-state index is 14.9. The third-order valence-corrected chi connectivity index (χ3v) is 5.70. The molecular weight excluding hydrogens is 382 g/mol. The molecule has 0 saturated carbocycles. The van der Waals surface area contributed by atoms with Gasteiger partial charge in [-0.1, -0.05) is 0 Å². The highest BCUT2D eigenvalue weighted by Crippen LogP contribution is 2.60. The standard InChI is InChI=1S/C14H17F3NO7P/c1-7(2)24-26(21)22-6-14(13(16)17)11(25-26)10(15)12(23-14)18-4-3-8(19)5-9(18)20/h3-4,7,10-13H,5-6H2,1-2H3/t10-,11-,12+,14+,26?/m0/s1. The summed E-state index contributed by atoms with van der Waals surface area (Å²) in [5.41, 5.74) is -2.56. The largest absolute Gasteiger partial charge is 0.475 e. The Morgan fingerprint density at radius 2 is 2.08 bits per heavy atom. The topological polar surface area (TPSA) is 91.4 Å². The maximum Gasteiger partial charge on any atom is 0.475 e. The minimum absolute atomic E-state index is 0.505. The van der Waals surface area contributed by atoms with Crippen molar-refractivity contribution in [3.63, 3.8) is 0 Å². The quantitative estimate of drug-likeness (QED) is 0.527. The number of phosphoric ester groups is 1. The van der Waals surface area contributed by atoms with E-state index in [1.54, 1.807) is 0 Å². The molecule has 0 aromatic heterocycles. The van der Waals surface area contributed by atoms with Crippen LogP contribution in [-0.4, -0.2) is 59.8 Å². The number of carbonyl (C=O) groups excluding carboxylic acids is 2. The molecule has 0 aliphatic carbocycles. The molecule has 3 rings (SSSR count). The minimum Gasteiger partial charge on any atom is -0.337 e. The Morgan fingerprint density at radius 1 is 1.38 bits per heavy atom. The van der Waals surface area contributed by atoms with Crippen molar-refractivity contribution in [2.45, 2.75) is 56.9 Å². The molecule has 0 radical (unpaired) electrons. The van der Waals surface area contributed by atoms with Crippen molar-refractivity contribution >= 4 is 19.5 Å². The molecule has 0 N–H and O–H groups in total. The first-order valence-corrected chi connectivity index (χ1v) is 9.28. The van der Waals surface area contributed by atoms with Gasteiger partial charge in [0.25, 0.3) is 6.43 Å². The van der Waals surface area contributed by atoms with Gasteiger partial charge in [0.2, 0.25) is 5.91 Å². The summed E-state index contributed by atoms with van der Waals surface area (Å²) in [6.07, 6.45) is -8.47. The first-order valence-electron chi connectivity index (χ1n) is 7.81. The molecule has 3 heterocycles. The number of allylic oxidation sites excluding steroid dienone is 1. The molecule has 5 atom stereocenters. The predicted octanol–water partition coefficient (Wildman–Crippen LogP) is 1.95. The number of nitrogens with zero attached hydrogens (tertiary/aromatic N) is 1. The van der Waals surface area contributed by atoms with Crippen LogP contribution >= 0.6 is 7.82 Å². The van der Waals surface area contributed by atoms with E-state index in [4.69, 9.17) is 18.3 Å². The second kappa shape index (κ2) is 6.72. The van der Waals surface area contributed by atoms with Gasteiger partial charge in [-0.25, -0.2) is 17.7 Å². The van der Waals surface area contributed by atoms with Crippen LogP contribution in [0.1, 0.15) is 20.3 Å². The normalized spacial score (nSPS) is 40.6. The van der Waals surface area contributed by atoms with Crippen LogP contribution in [0.4, 0.5) is 13.2 Å². The van der Waals surface area contributed by atoms with Crippen molar-refractivity contribution in [1.29, 1.82) is 0 Å². The second-order valence-electron chi connectivity index (χ2n) is 6.37. The smallest absolute Gasteiger partial charge is 0.337 e. The zero-order valence-electron chi connectivity index (χ0n) is 13.8. The lowest BCUT2D eigenvalue weighted by atomic mass is 9.97. The number of hydrogen-bond donors (Lipinski definition) is 0. The van der Waals surface area contributed by atoms with Gasteiger partial charge in [-0.3, -0.25) is 28.1 Å². The van der Waals surface area contributed by atoms with Gasteiger partial charge in [-0.15, -0.1) is 0 Å². The van der Waals surface area contributed by atoms with Crippen molar-refractivity contribution in [2.75, 3.05) is 6.61 Å². The summed E-state index contributed by atoms with van der Waals surface area (Å²) in [6, 6.07) is 0. The number of halogens is 3. The van der Waals surface area contributed by atoms with Crippen molar-refractivity contribution in [3.05, 3.63) is 12.3 Å². The van der Waals surface area contributed by atoms with E-state index >= 15 is 0 Å². The van der Waals surface area contributed by atoms with Crippen LogP contribution in [0.2, 0.25) is 0 Å². The van der Waals surface area contributed by atoms with Gasteiger partial charge in [-0.2, -0.15) is 0 Å². The molecular formula is C14H17F3NO7P. The van der Waals surface area contributed by atoms with Crippen molar-refractivity contribution in [2.24, 2.45) is 0 Å². The Balaban J connectivity index is 1.90. The number of ether oxygens (including phenoxy) is 1. The highest BCUT2D eigenvalue weighted by Gasteiger charge is 2.68. The van der Waals surface area contributed by atoms with Gasteiger partial charge in [0.05, 0.1) is 19.1 Å². The molecule has 0 aromatic rings. The van der Waals surface area contributed by atoms with E-state index in [1.807, 2.05) is 0 Å². The summed E-state index contributed by atoms with van der Waals surface area (Å²) in [5.74, 6) is -1.31. The number of hydrogen-bond acceptors (Lipinski definition) is 7. The third kappa shape index (κ3) is 3.22. The lowest BCUT2D eigenvalue weighted by Gasteiger charge is -2.39. The number of alkyl halides is 3. The first-order chi connectivity index (χ1) is 12.1. The Hall–Kier alpha value is -1.26. The monoisotopic (exact) mass is 399 g/mol. The summed E-state index contributed by atoms with van der Waals surface area (Å²) >= 11 is 0. The number of amides is 1. The fourth-order valence-electron chi connectivity index (χ4n) is 2.92. The van der Waals surface area contributed by atoms with Crippen LogP contribution in [0.25, 0.3) is 0 Å². The van der Waals surface area contributed by atoms with Crippen LogP contribution in [-0.2, 0) is 32.5 Å². The van der Waals surface area contributed by atoms with E-state index in [1.165, 1.54) is 13.8 Å². The molecule has 1 amide bonds. The van der Waals surface area contributed by atoms with Crippen molar-refractivity contribution in [1.82, 2.24) is 4.90 Å². The molecule has 0 spiro atoms. The molecule has 2 saturated heterocycles. The average Bonchev–Trinajstić information content (AvgIpc) is 2.80. The number of phosphoric acid groups is 1. The SMILES string of the molecule is CC(C)OP1(=O)OC[C@@]2(C(F)F)O[C@@H](N3C=CC(=O)CC3=O)[C@@H](F)[C@@H]2O1. The zero-order valence-corrected chi connectivity index (χ0v) is 14.7. The molecule has 0 aromatic carbocycles. The molecule has 26 heavy (non-hydrogen) atoms. The number of fused-ring (bicyclic) bond motifs is 1. The molecule has 8 nitrogen and oxygen atoms in total. The highest BCUT2D eigenvalue weighted by atomic mass is 31.2. The Kier molecular flexibility index (Phi) is 5.04. The van der Waals surface area contributed by atoms with Crippen LogP contribution in [0.15, 0.2) is 12.3 Å². The number of rotatable bonds is 4. The summed E-state index contributed by atoms with van der Waals surface area (Å²) in [5, 5.41) is 0. The van der Waals surface area contributed by atoms with Crippen LogP contribution in [0.5, 0.6) is 0 Å². The summed E-state index contributed by atoms with van der Waals surface area (Å²) in [7, 11) is -4.28. The molecule has 146 valence electrons. The Labute approximate surface area is 146 Å². The molecule has 12 heteroatoms. The van der Waals surface area contributed by atoms with E-state index in [9.17, 15) is 27.3 Å². The summed E-state index contributed by atoms with van der Waals surface area (Å²) < 4.78 is 74.7. The second-order valence-corrected chi connectivity index (χ2v) is 7.94. The molecule has 1 unspecified atom stereocenters. The Bertz CT molecular complexity index is 687. The van der Waals surface area contributed by atoms with Gasteiger partial charge < -0.3 is 4.74 Å². The van der Waals surface area contributed by atoms with Gasteiger partial charge in [0, 0.05) is 6.20 Å². The summed E-state index contributed by atoms with van der Waals surface area (Å²) in [6.45, 7) is 2.08. The Morgan fingerprint density at radius 3 is 2.65 bits per heavy atom. The van der Waals surface area contributed by atoms with Crippen molar-refractivity contribution in [3.8, 4) is 0 Å². The van der Waals surface area contributed by atoms with Crippen LogP contribution in [0, 0.1) is 0 Å². The van der Waals surface area contributed by atoms with Crippen LogP contribution in [0.3, 0.4) is 0 Å². The summed E-state index contributed by atoms with van der Waals surface area (Å²) in [4.78, 5) is 23.9. The third-order valence-electron chi connectivity index (χ3n) is 4.09. The first kappa shape index (κ1) is 19.5. The van der Waals surface area contributed by atoms with E-state index < -0.39 is 69.2 Å². The van der Waals surface area contributed by atoms with Gasteiger partial charge in [0.1, 0.15) is 6.10 Å². The fraction of sp³-hybridized carbons (Fsp3) is 0.714.